The Hall–Kier alpha value is -1.02. The molecule has 3 saturated carbocycles. The van der Waals surface area contributed by atoms with Gasteiger partial charge in [0.25, 0.3) is 0 Å². The van der Waals surface area contributed by atoms with Crippen LogP contribution in [0.3, 0.4) is 0 Å². The van der Waals surface area contributed by atoms with Crippen LogP contribution in [0.4, 0.5) is 0 Å². The number of rotatable bonds is 4. The lowest BCUT2D eigenvalue weighted by atomic mass is 9.72. The van der Waals surface area contributed by atoms with Crippen LogP contribution in [0.5, 0.6) is 5.75 Å². The molecule has 21 heavy (non-hydrogen) atoms. The van der Waals surface area contributed by atoms with Crippen molar-refractivity contribution in [3.05, 3.63) is 29.3 Å². The van der Waals surface area contributed by atoms with Crippen molar-refractivity contribution in [3.63, 3.8) is 0 Å². The Morgan fingerprint density at radius 2 is 2.14 bits per heavy atom. The van der Waals surface area contributed by atoms with Gasteiger partial charge in [-0.15, -0.1) is 0 Å². The summed E-state index contributed by atoms with van der Waals surface area (Å²) in [6.45, 7) is 5.53. The number of fused-ring (bicyclic) bond motifs is 1. The maximum Gasteiger partial charge on any atom is 0.123 e. The van der Waals surface area contributed by atoms with Crippen LogP contribution in [0, 0.1) is 24.2 Å². The third-order valence-corrected chi connectivity index (χ3v) is 6.29. The second-order valence-corrected chi connectivity index (χ2v) is 8.18. The van der Waals surface area contributed by atoms with Crippen molar-refractivity contribution in [2.45, 2.75) is 58.0 Å². The van der Waals surface area contributed by atoms with Crippen molar-refractivity contribution in [1.29, 1.82) is 0 Å². The van der Waals surface area contributed by atoms with Crippen LogP contribution < -0.4 is 10.1 Å². The summed E-state index contributed by atoms with van der Waals surface area (Å²) < 4.78 is 5.52. The summed E-state index contributed by atoms with van der Waals surface area (Å²) in [5.41, 5.74) is 3.66. The van der Waals surface area contributed by atoms with E-state index in [1.165, 1.54) is 43.2 Å². The number of benzene rings is 1. The lowest BCUT2D eigenvalue weighted by molar-refractivity contribution is 0.155. The average molecular weight is 285 g/mol. The molecule has 3 fully saturated rings. The highest BCUT2D eigenvalue weighted by Gasteiger charge is 2.64. The van der Waals surface area contributed by atoms with Gasteiger partial charge in [-0.3, -0.25) is 0 Å². The molecule has 2 heteroatoms. The van der Waals surface area contributed by atoms with Gasteiger partial charge in [0.15, 0.2) is 0 Å². The summed E-state index contributed by atoms with van der Waals surface area (Å²) in [6, 6.07) is 6.47. The molecule has 3 aliphatic rings. The topological polar surface area (TPSA) is 21.3 Å². The molecule has 4 rings (SSSR count). The molecular formula is C19H27NO. The fraction of sp³-hybridized carbons (Fsp3) is 0.684. The molecule has 0 aromatic heterocycles. The van der Waals surface area contributed by atoms with Crippen LogP contribution >= 0.6 is 0 Å². The molecule has 3 aliphatic carbocycles. The maximum absolute atomic E-state index is 5.52. The second kappa shape index (κ2) is 4.49. The van der Waals surface area contributed by atoms with Gasteiger partial charge in [-0.25, -0.2) is 0 Å². The molecule has 0 saturated heterocycles. The van der Waals surface area contributed by atoms with Crippen LogP contribution in [0.2, 0.25) is 0 Å². The van der Waals surface area contributed by atoms with Gasteiger partial charge in [0.2, 0.25) is 0 Å². The van der Waals surface area contributed by atoms with Crippen LogP contribution in [0.15, 0.2) is 18.2 Å². The molecule has 1 aromatic rings. The molecule has 1 N–H and O–H groups in total. The van der Waals surface area contributed by atoms with Crippen molar-refractivity contribution in [3.8, 4) is 5.75 Å². The monoisotopic (exact) mass is 285 g/mol. The highest BCUT2D eigenvalue weighted by molar-refractivity contribution is 5.37. The van der Waals surface area contributed by atoms with Crippen LogP contribution in [0.25, 0.3) is 0 Å². The zero-order valence-electron chi connectivity index (χ0n) is 13.5. The molecular weight excluding hydrogens is 258 g/mol. The average Bonchev–Trinajstić information content (AvgIpc) is 2.98. The van der Waals surface area contributed by atoms with Gasteiger partial charge in [-0.05, 0) is 69.3 Å². The van der Waals surface area contributed by atoms with E-state index in [0.29, 0.717) is 5.54 Å². The Morgan fingerprint density at radius 1 is 1.29 bits per heavy atom. The fourth-order valence-electron chi connectivity index (χ4n) is 5.50. The molecule has 4 unspecified atom stereocenters. The van der Waals surface area contributed by atoms with E-state index in [9.17, 15) is 0 Å². The van der Waals surface area contributed by atoms with Crippen molar-refractivity contribution in [1.82, 2.24) is 5.32 Å². The van der Waals surface area contributed by atoms with Crippen molar-refractivity contribution in [2.75, 3.05) is 7.11 Å². The van der Waals surface area contributed by atoms with Gasteiger partial charge in [0.1, 0.15) is 5.75 Å². The minimum absolute atomic E-state index is 0.322. The summed E-state index contributed by atoms with van der Waals surface area (Å²) in [7, 11) is 1.77. The smallest absolute Gasteiger partial charge is 0.123 e. The largest absolute Gasteiger partial charge is 0.496 e. The number of ether oxygens (including phenoxy) is 1. The first-order chi connectivity index (χ1) is 10.0. The number of hydrogen-bond donors (Lipinski definition) is 1. The summed E-state index contributed by atoms with van der Waals surface area (Å²) in [4.78, 5) is 0. The van der Waals surface area contributed by atoms with Crippen LogP contribution in [-0.4, -0.2) is 12.6 Å². The molecule has 0 radical (unpaired) electrons. The Kier molecular flexibility index (Phi) is 2.91. The number of nitrogens with one attached hydrogen (secondary N) is 1. The predicted molar refractivity (Wildman–Crippen MR) is 85.5 cm³/mol. The van der Waals surface area contributed by atoms with Crippen molar-refractivity contribution >= 4 is 0 Å². The van der Waals surface area contributed by atoms with E-state index in [1.54, 1.807) is 7.11 Å². The first kappa shape index (κ1) is 13.6. The third kappa shape index (κ3) is 2.28. The molecule has 2 bridgehead atoms. The standard InChI is InChI=1S/C19H27NO/c1-13-4-5-17(21-3)15(6-13)11-20-18(2)8-14-7-16-10-19(16,9-14)12-18/h4-6,14,16,20H,7-12H2,1-3H3. The third-order valence-electron chi connectivity index (χ3n) is 6.29. The molecule has 4 atom stereocenters. The van der Waals surface area contributed by atoms with Crippen molar-refractivity contribution in [2.24, 2.45) is 17.3 Å². The quantitative estimate of drug-likeness (QED) is 0.900. The Balaban J connectivity index is 1.48. The van der Waals surface area contributed by atoms with Gasteiger partial charge < -0.3 is 10.1 Å². The van der Waals surface area contributed by atoms with E-state index in [0.717, 1.165) is 29.5 Å². The van der Waals surface area contributed by atoms with Gasteiger partial charge in [0, 0.05) is 17.6 Å². The summed E-state index contributed by atoms with van der Waals surface area (Å²) in [6.07, 6.45) is 7.27. The molecule has 0 heterocycles. The minimum atomic E-state index is 0.322. The van der Waals surface area contributed by atoms with Gasteiger partial charge in [0.05, 0.1) is 7.11 Å². The summed E-state index contributed by atoms with van der Waals surface area (Å²) in [5.74, 6) is 3.06. The van der Waals surface area contributed by atoms with E-state index >= 15 is 0 Å². The summed E-state index contributed by atoms with van der Waals surface area (Å²) in [5, 5.41) is 3.89. The predicted octanol–water partition coefficient (Wildman–Crippen LogP) is 4.06. The Bertz CT molecular complexity index is 569. The normalized spacial score (nSPS) is 40.0. The highest BCUT2D eigenvalue weighted by atomic mass is 16.5. The molecule has 0 amide bonds. The Morgan fingerprint density at radius 3 is 2.90 bits per heavy atom. The van der Waals surface area contributed by atoms with E-state index < -0.39 is 0 Å². The van der Waals surface area contributed by atoms with Crippen LogP contribution in [-0.2, 0) is 6.54 Å². The van der Waals surface area contributed by atoms with Gasteiger partial charge in [-0.1, -0.05) is 17.7 Å². The van der Waals surface area contributed by atoms with E-state index in [-0.39, 0.29) is 0 Å². The highest BCUT2D eigenvalue weighted by Crippen LogP contribution is 2.72. The van der Waals surface area contributed by atoms with E-state index in [1.807, 2.05) is 0 Å². The van der Waals surface area contributed by atoms with E-state index in [4.69, 9.17) is 4.74 Å². The fourth-order valence-corrected chi connectivity index (χ4v) is 5.50. The van der Waals surface area contributed by atoms with E-state index in [2.05, 4.69) is 37.4 Å². The van der Waals surface area contributed by atoms with Crippen molar-refractivity contribution < 1.29 is 4.74 Å². The van der Waals surface area contributed by atoms with Crippen LogP contribution in [0.1, 0.15) is 50.2 Å². The molecule has 1 spiro atoms. The molecule has 2 nitrogen and oxygen atoms in total. The minimum Gasteiger partial charge on any atom is -0.496 e. The second-order valence-electron chi connectivity index (χ2n) is 8.18. The number of aryl methyl sites for hydroxylation is 1. The zero-order valence-corrected chi connectivity index (χ0v) is 13.5. The lowest BCUT2D eigenvalue weighted by Crippen LogP contribution is -2.47. The first-order valence-corrected chi connectivity index (χ1v) is 8.41. The Labute approximate surface area is 128 Å². The zero-order chi connectivity index (χ0) is 14.7. The number of hydrogen-bond acceptors (Lipinski definition) is 2. The SMILES string of the molecule is COc1ccc(C)cc1CNC1(C)CC2CC3CC3(C2)C1. The number of methoxy groups -OCH3 is 1. The molecule has 114 valence electrons. The molecule has 1 aromatic carbocycles. The van der Waals surface area contributed by atoms with Gasteiger partial charge in [-0.2, -0.15) is 0 Å². The maximum atomic E-state index is 5.52. The molecule has 0 aliphatic heterocycles. The first-order valence-electron chi connectivity index (χ1n) is 8.41. The lowest BCUT2D eigenvalue weighted by Gasteiger charge is -2.41. The summed E-state index contributed by atoms with van der Waals surface area (Å²) >= 11 is 0. The van der Waals surface area contributed by atoms with Gasteiger partial charge >= 0.3 is 0 Å².